The first-order chi connectivity index (χ1) is 12.5. The van der Waals surface area contributed by atoms with Gasteiger partial charge in [-0.1, -0.05) is 58.4 Å². The topological polar surface area (TPSA) is 29.5 Å². The number of methoxy groups -OCH3 is 1. The fourth-order valence-electron chi connectivity index (χ4n) is 3.07. The van der Waals surface area contributed by atoms with Crippen molar-refractivity contribution in [2.45, 2.75) is 19.4 Å². The largest absolute Gasteiger partial charge is 0.497 e. The molecule has 0 aliphatic carbocycles. The van der Waals surface area contributed by atoms with Crippen LogP contribution in [0.4, 0.5) is 0 Å². The summed E-state index contributed by atoms with van der Waals surface area (Å²) in [5.41, 5.74) is 2.12. The number of carbonyl (C=O) groups is 1. The van der Waals surface area contributed by atoms with E-state index in [2.05, 4.69) is 22.0 Å². The molecule has 1 amide bonds. The Kier molecular flexibility index (Phi) is 5.62. The second-order valence-corrected chi connectivity index (χ2v) is 7.33. The third-order valence-corrected chi connectivity index (χ3v) is 5.46. The summed E-state index contributed by atoms with van der Waals surface area (Å²) in [4.78, 5) is 14.7. The molecule has 0 fully saturated rings. The van der Waals surface area contributed by atoms with Crippen molar-refractivity contribution >= 4 is 32.6 Å². The highest BCUT2D eigenvalue weighted by Gasteiger charge is 2.20. The second kappa shape index (κ2) is 7.92. The van der Waals surface area contributed by atoms with Gasteiger partial charge in [0.2, 0.25) is 5.91 Å². The first kappa shape index (κ1) is 18.5. The van der Waals surface area contributed by atoms with Crippen molar-refractivity contribution in [3.8, 4) is 5.75 Å². The summed E-state index contributed by atoms with van der Waals surface area (Å²) >= 11 is 3.55. The van der Waals surface area contributed by atoms with E-state index >= 15 is 0 Å². The zero-order valence-corrected chi connectivity index (χ0v) is 16.8. The molecule has 0 aliphatic rings. The second-order valence-electron chi connectivity index (χ2n) is 6.48. The van der Waals surface area contributed by atoms with Crippen molar-refractivity contribution in [3.05, 3.63) is 76.3 Å². The molecule has 3 aromatic carbocycles. The van der Waals surface area contributed by atoms with Gasteiger partial charge in [0.15, 0.2) is 0 Å². The predicted molar refractivity (Wildman–Crippen MR) is 110 cm³/mol. The standard InChI is InChI=1S/C22H22BrNO2/c1-15(22(25)24(2)14-19-6-4-5-7-21(19)23)16-8-9-18-13-20(26-3)11-10-17(18)12-16/h4-13,15H,14H2,1-3H3. The lowest BCUT2D eigenvalue weighted by atomic mass is 9.96. The minimum absolute atomic E-state index is 0.105. The lowest BCUT2D eigenvalue weighted by Crippen LogP contribution is -2.30. The summed E-state index contributed by atoms with van der Waals surface area (Å²) < 4.78 is 6.29. The molecule has 1 atom stereocenters. The zero-order valence-electron chi connectivity index (χ0n) is 15.2. The summed E-state index contributed by atoms with van der Waals surface area (Å²) in [7, 11) is 3.52. The van der Waals surface area contributed by atoms with E-state index in [-0.39, 0.29) is 11.8 Å². The minimum atomic E-state index is -0.200. The molecule has 0 N–H and O–H groups in total. The molecule has 3 rings (SSSR count). The Labute approximate surface area is 162 Å². The van der Waals surface area contributed by atoms with Crippen LogP contribution >= 0.6 is 15.9 Å². The molecule has 0 bridgehead atoms. The van der Waals surface area contributed by atoms with Crippen LogP contribution in [0, 0.1) is 0 Å². The number of likely N-dealkylation sites (N-methyl/N-ethyl adjacent to an activating group) is 1. The maximum Gasteiger partial charge on any atom is 0.229 e. The fourth-order valence-corrected chi connectivity index (χ4v) is 3.48. The summed E-state index contributed by atoms with van der Waals surface area (Å²) in [5.74, 6) is 0.741. The average molecular weight is 412 g/mol. The SMILES string of the molecule is COc1ccc2cc(C(C)C(=O)N(C)Cc3ccccc3Br)ccc2c1. The zero-order chi connectivity index (χ0) is 18.7. The summed E-state index contributed by atoms with van der Waals surface area (Å²) in [6.45, 7) is 2.54. The van der Waals surface area contributed by atoms with Crippen molar-refractivity contribution in [2.75, 3.05) is 14.2 Å². The van der Waals surface area contributed by atoms with Crippen molar-refractivity contribution in [1.29, 1.82) is 0 Å². The molecule has 0 saturated carbocycles. The highest BCUT2D eigenvalue weighted by atomic mass is 79.9. The van der Waals surface area contributed by atoms with Gasteiger partial charge in [-0.05, 0) is 47.0 Å². The summed E-state index contributed by atoms with van der Waals surface area (Å²) in [6.07, 6.45) is 0. The van der Waals surface area contributed by atoms with Gasteiger partial charge in [-0.15, -0.1) is 0 Å². The Morgan fingerprint density at radius 1 is 1.08 bits per heavy atom. The number of nitrogens with zero attached hydrogens (tertiary/aromatic N) is 1. The fraction of sp³-hybridized carbons (Fsp3) is 0.227. The molecule has 0 radical (unpaired) electrons. The first-order valence-corrected chi connectivity index (χ1v) is 9.35. The normalized spacial score (nSPS) is 12.0. The lowest BCUT2D eigenvalue weighted by Gasteiger charge is -2.22. The lowest BCUT2D eigenvalue weighted by molar-refractivity contribution is -0.131. The molecule has 0 saturated heterocycles. The minimum Gasteiger partial charge on any atom is -0.497 e. The number of amides is 1. The maximum absolute atomic E-state index is 12.9. The van der Waals surface area contributed by atoms with Gasteiger partial charge >= 0.3 is 0 Å². The highest BCUT2D eigenvalue weighted by Crippen LogP contribution is 2.26. The number of hydrogen-bond donors (Lipinski definition) is 0. The van der Waals surface area contributed by atoms with Crippen molar-refractivity contribution in [1.82, 2.24) is 4.90 Å². The van der Waals surface area contributed by atoms with Gasteiger partial charge in [0.05, 0.1) is 13.0 Å². The van der Waals surface area contributed by atoms with Gasteiger partial charge in [-0.25, -0.2) is 0 Å². The molecule has 4 heteroatoms. The van der Waals surface area contributed by atoms with Crippen LogP contribution in [-0.4, -0.2) is 25.0 Å². The number of ether oxygens (including phenoxy) is 1. The van der Waals surface area contributed by atoms with E-state index < -0.39 is 0 Å². The third-order valence-electron chi connectivity index (χ3n) is 4.68. The maximum atomic E-state index is 12.9. The van der Waals surface area contributed by atoms with Gasteiger partial charge in [-0.2, -0.15) is 0 Å². The molecule has 134 valence electrons. The molecule has 1 unspecified atom stereocenters. The predicted octanol–water partition coefficient (Wildman–Crippen LogP) is 5.37. The highest BCUT2D eigenvalue weighted by molar-refractivity contribution is 9.10. The Morgan fingerprint density at radius 3 is 2.50 bits per heavy atom. The van der Waals surface area contributed by atoms with E-state index in [1.165, 1.54) is 0 Å². The molecule has 0 aromatic heterocycles. The van der Waals surface area contributed by atoms with E-state index in [0.29, 0.717) is 6.54 Å². The quantitative estimate of drug-likeness (QED) is 0.564. The van der Waals surface area contributed by atoms with Crippen LogP contribution in [0.5, 0.6) is 5.75 Å². The number of benzene rings is 3. The number of carbonyl (C=O) groups excluding carboxylic acids is 1. The van der Waals surface area contributed by atoms with Crippen LogP contribution in [-0.2, 0) is 11.3 Å². The summed E-state index contributed by atoms with van der Waals surface area (Å²) in [6, 6.07) is 20.1. The third kappa shape index (κ3) is 3.91. The summed E-state index contributed by atoms with van der Waals surface area (Å²) in [5, 5.41) is 2.21. The number of fused-ring (bicyclic) bond motifs is 1. The van der Waals surface area contributed by atoms with E-state index in [1.807, 2.05) is 68.6 Å². The van der Waals surface area contributed by atoms with Crippen molar-refractivity contribution in [3.63, 3.8) is 0 Å². The van der Waals surface area contributed by atoms with E-state index in [1.54, 1.807) is 12.0 Å². The number of halogens is 1. The molecule has 3 nitrogen and oxygen atoms in total. The molecule has 3 aromatic rings. The van der Waals surface area contributed by atoms with Gasteiger partial charge < -0.3 is 9.64 Å². The first-order valence-electron chi connectivity index (χ1n) is 8.55. The van der Waals surface area contributed by atoms with Gasteiger partial charge in [0.1, 0.15) is 5.75 Å². The van der Waals surface area contributed by atoms with Crippen LogP contribution < -0.4 is 4.74 Å². The smallest absolute Gasteiger partial charge is 0.229 e. The van der Waals surface area contributed by atoms with Gasteiger partial charge in [-0.3, -0.25) is 4.79 Å². The van der Waals surface area contributed by atoms with Crippen molar-refractivity contribution < 1.29 is 9.53 Å². The van der Waals surface area contributed by atoms with Crippen LogP contribution in [0.1, 0.15) is 24.0 Å². The van der Waals surface area contributed by atoms with Crippen LogP contribution in [0.25, 0.3) is 10.8 Å². The Morgan fingerprint density at radius 2 is 1.77 bits per heavy atom. The van der Waals surface area contributed by atoms with Gasteiger partial charge in [0.25, 0.3) is 0 Å². The van der Waals surface area contributed by atoms with E-state index in [4.69, 9.17) is 4.74 Å². The van der Waals surface area contributed by atoms with Crippen LogP contribution in [0.15, 0.2) is 65.1 Å². The van der Waals surface area contributed by atoms with Gasteiger partial charge in [0, 0.05) is 18.1 Å². The Bertz CT molecular complexity index is 938. The molecular formula is C22H22BrNO2. The van der Waals surface area contributed by atoms with E-state index in [9.17, 15) is 4.79 Å². The van der Waals surface area contributed by atoms with Crippen molar-refractivity contribution in [2.24, 2.45) is 0 Å². The Balaban J connectivity index is 1.79. The molecule has 0 spiro atoms. The van der Waals surface area contributed by atoms with Crippen LogP contribution in [0.3, 0.4) is 0 Å². The van der Waals surface area contributed by atoms with E-state index in [0.717, 1.165) is 32.1 Å². The number of rotatable bonds is 5. The van der Waals surface area contributed by atoms with Crippen LogP contribution in [0.2, 0.25) is 0 Å². The molecular weight excluding hydrogens is 390 g/mol. The molecule has 26 heavy (non-hydrogen) atoms. The monoisotopic (exact) mass is 411 g/mol. The molecule has 0 aliphatic heterocycles. The molecule has 0 heterocycles. The number of hydrogen-bond acceptors (Lipinski definition) is 2. The average Bonchev–Trinajstić information content (AvgIpc) is 2.67. The Hall–Kier alpha value is -2.33.